The van der Waals surface area contributed by atoms with Gasteiger partial charge in [-0.05, 0) is 57.2 Å². The van der Waals surface area contributed by atoms with Crippen LogP contribution in [0.5, 0.6) is 0 Å². The van der Waals surface area contributed by atoms with Crippen LogP contribution in [0.4, 0.5) is 0 Å². The average molecular weight is 613 g/mol. The number of hydrogen-bond donors (Lipinski definition) is 1. The lowest BCUT2D eigenvalue weighted by atomic mass is 9.39. The predicted molar refractivity (Wildman–Crippen MR) is 160 cm³/mol. The molecule has 3 aliphatic carbocycles. The number of esters is 2. The molecule has 3 heterocycles. The molecule has 0 spiro atoms. The van der Waals surface area contributed by atoms with Gasteiger partial charge in [0.05, 0.1) is 37.4 Å². The second-order valence-corrected chi connectivity index (χ2v) is 14.3. The van der Waals surface area contributed by atoms with Crippen molar-refractivity contribution in [1.82, 2.24) is 0 Å². The number of carbonyl (C=O) groups is 2. The number of fused-ring (bicyclic) bond motifs is 4. The smallest absolute Gasteiger partial charge is 0.333 e. The lowest BCUT2D eigenvalue weighted by Crippen LogP contribution is -2.71. The minimum Gasteiger partial charge on any atom is -0.472 e. The maximum absolute atomic E-state index is 13.4. The maximum Gasteiger partial charge on any atom is 0.333 e. The first kappa shape index (κ1) is 31.5. The third-order valence-electron chi connectivity index (χ3n) is 12.2. The first-order valence-corrected chi connectivity index (χ1v) is 16.1. The number of allylic oxidation sites excluding steroid dienone is 2. The first-order chi connectivity index (χ1) is 20.8. The Balaban J connectivity index is 1.56. The van der Waals surface area contributed by atoms with Gasteiger partial charge in [0.2, 0.25) is 0 Å². The highest BCUT2D eigenvalue weighted by atomic mass is 16.7. The molecule has 6 rings (SSSR count). The van der Waals surface area contributed by atoms with Crippen LogP contribution in [0.25, 0.3) is 0 Å². The van der Waals surface area contributed by atoms with Crippen LogP contribution in [-0.2, 0) is 33.3 Å². The highest BCUT2D eigenvalue weighted by Crippen LogP contribution is 2.72. The fraction of sp³-hybridized carbons (Fsp3) is 0.714. The molecule has 5 aliphatic rings. The van der Waals surface area contributed by atoms with Crippen molar-refractivity contribution in [3.8, 4) is 0 Å². The molecule has 0 amide bonds. The zero-order valence-electron chi connectivity index (χ0n) is 27.3. The van der Waals surface area contributed by atoms with Crippen LogP contribution >= 0.6 is 0 Å². The van der Waals surface area contributed by atoms with E-state index in [-0.39, 0.29) is 23.9 Å². The molecule has 9 heteroatoms. The van der Waals surface area contributed by atoms with E-state index in [1.807, 2.05) is 19.9 Å². The molecule has 1 aromatic heterocycles. The Morgan fingerprint density at radius 1 is 1.11 bits per heavy atom. The van der Waals surface area contributed by atoms with Crippen LogP contribution in [-0.4, -0.2) is 67.1 Å². The molecule has 0 aromatic carbocycles. The summed E-state index contributed by atoms with van der Waals surface area (Å²) in [7, 11) is 0. The number of aliphatic hydroxyl groups excluding tert-OH is 1. The number of aliphatic hydroxyl groups is 1. The molecule has 1 N–H and O–H groups in total. The maximum atomic E-state index is 13.4. The molecule has 2 saturated heterocycles. The van der Waals surface area contributed by atoms with E-state index in [0.717, 1.165) is 23.1 Å². The Labute approximate surface area is 260 Å². The summed E-state index contributed by atoms with van der Waals surface area (Å²) in [4.78, 5) is 25.8. The van der Waals surface area contributed by atoms with Crippen molar-refractivity contribution in [3.05, 3.63) is 47.0 Å². The van der Waals surface area contributed by atoms with E-state index in [4.69, 9.17) is 28.1 Å². The van der Waals surface area contributed by atoms with Crippen LogP contribution in [0, 0.1) is 28.1 Å². The number of rotatable bonds is 6. The Kier molecular flexibility index (Phi) is 7.96. The van der Waals surface area contributed by atoms with Crippen molar-refractivity contribution in [1.29, 1.82) is 0 Å². The fourth-order valence-electron chi connectivity index (χ4n) is 10.2. The van der Waals surface area contributed by atoms with Crippen molar-refractivity contribution in [2.75, 3.05) is 13.2 Å². The zero-order valence-corrected chi connectivity index (χ0v) is 27.3. The fourth-order valence-corrected chi connectivity index (χ4v) is 10.2. The largest absolute Gasteiger partial charge is 0.472 e. The quantitative estimate of drug-likeness (QED) is 0.254. The SMILES string of the molecule is C/C=C(\C)C(=O)O[C@H]1C[C@@H](OC(C)=O)[C@@]2(C)CO[C@H]3C2[C@@]1(C)C1C[C@H](OCC)O[C@H]2C[C@@H](c4ccoc4)C(C)=C2[C@]1(C)[C@@H]3O. The highest BCUT2D eigenvalue weighted by Gasteiger charge is 2.76. The zero-order chi connectivity index (χ0) is 31.8. The molecule has 12 atom stereocenters. The summed E-state index contributed by atoms with van der Waals surface area (Å²) in [5.41, 5.74) is 1.77. The van der Waals surface area contributed by atoms with Gasteiger partial charge in [0.15, 0.2) is 6.29 Å². The first-order valence-electron chi connectivity index (χ1n) is 16.1. The van der Waals surface area contributed by atoms with Crippen LogP contribution in [0.1, 0.15) is 86.1 Å². The molecular formula is C35H48O9. The summed E-state index contributed by atoms with van der Waals surface area (Å²) in [5.74, 6) is -1.20. The van der Waals surface area contributed by atoms with Gasteiger partial charge in [-0.1, -0.05) is 32.4 Å². The molecule has 0 radical (unpaired) electrons. The molecule has 242 valence electrons. The minimum atomic E-state index is -0.878. The van der Waals surface area contributed by atoms with Crippen molar-refractivity contribution < 1.29 is 42.8 Å². The van der Waals surface area contributed by atoms with Gasteiger partial charge in [-0.2, -0.15) is 0 Å². The monoisotopic (exact) mass is 612 g/mol. The van der Waals surface area contributed by atoms with Gasteiger partial charge in [-0.15, -0.1) is 0 Å². The molecule has 1 aromatic rings. The van der Waals surface area contributed by atoms with E-state index in [9.17, 15) is 14.7 Å². The van der Waals surface area contributed by atoms with Gasteiger partial charge >= 0.3 is 11.9 Å². The molecule has 9 nitrogen and oxygen atoms in total. The Morgan fingerprint density at radius 3 is 2.50 bits per heavy atom. The van der Waals surface area contributed by atoms with Gasteiger partial charge in [0, 0.05) is 60.0 Å². The summed E-state index contributed by atoms with van der Waals surface area (Å²) in [6.07, 6.45) is 3.41. The van der Waals surface area contributed by atoms with Crippen LogP contribution in [0.15, 0.2) is 45.8 Å². The van der Waals surface area contributed by atoms with Gasteiger partial charge in [-0.3, -0.25) is 4.79 Å². The summed E-state index contributed by atoms with van der Waals surface area (Å²) in [6.45, 7) is 16.3. The van der Waals surface area contributed by atoms with E-state index in [2.05, 4.69) is 27.7 Å². The van der Waals surface area contributed by atoms with Gasteiger partial charge in [0.1, 0.15) is 12.2 Å². The number of hydrogen-bond acceptors (Lipinski definition) is 9. The van der Waals surface area contributed by atoms with Gasteiger partial charge in [-0.25, -0.2) is 4.79 Å². The van der Waals surface area contributed by atoms with E-state index in [1.165, 1.54) is 6.92 Å². The average Bonchev–Trinajstić information content (AvgIpc) is 3.69. The third-order valence-corrected chi connectivity index (χ3v) is 12.2. The summed E-state index contributed by atoms with van der Waals surface area (Å²) in [5, 5.41) is 12.6. The predicted octanol–water partition coefficient (Wildman–Crippen LogP) is 5.47. The summed E-state index contributed by atoms with van der Waals surface area (Å²) >= 11 is 0. The summed E-state index contributed by atoms with van der Waals surface area (Å²) < 4.78 is 37.5. The van der Waals surface area contributed by atoms with Gasteiger partial charge in [0.25, 0.3) is 0 Å². The normalized spacial score (nSPS) is 44.8. The van der Waals surface area contributed by atoms with Crippen molar-refractivity contribution in [2.45, 2.75) is 117 Å². The van der Waals surface area contributed by atoms with E-state index < -0.39 is 58.9 Å². The molecule has 0 bridgehead atoms. The molecule has 2 unspecified atom stereocenters. The number of carbonyl (C=O) groups excluding carboxylic acids is 2. The Hall–Kier alpha value is -2.46. The Morgan fingerprint density at radius 2 is 1.86 bits per heavy atom. The minimum absolute atomic E-state index is 0.0739. The van der Waals surface area contributed by atoms with E-state index in [0.29, 0.717) is 31.6 Å². The molecule has 2 saturated carbocycles. The lowest BCUT2D eigenvalue weighted by molar-refractivity contribution is -0.260. The van der Waals surface area contributed by atoms with E-state index in [1.54, 1.807) is 25.5 Å². The van der Waals surface area contributed by atoms with Gasteiger partial charge < -0.3 is 33.2 Å². The molecule has 2 aliphatic heterocycles. The van der Waals surface area contributed by atoms with Crippen molar-refractivity contribution in [3.63, 3.8) is 0 Å². The van der Waals surface area contributed by atoms with Crippen molar-refractivity contribution >= 4 is 11.9 Å². The van der Waals surface area contributed by atoms with Crippen molar-refractivity contribution in [2.24, 2.45) is 28.1 Å². The third kappa shape index (κ3) is 4.40. The topological polar surface area (TPSA) is 114 Å². The second kappa shape index (κ2) is 11.1. The van der Waals surface area contributed by atoms with Crippen LogP contribution in [0.3, 0.4) is 0 Å². The molecular weight excluding hydrogens is 564 g/mol. The standard InChI is InChI=1S/C35H48O9/c1-9-18(3)32(38)44-26-15-25(42-20(5)36)33(6)17-41-29-30(33)34(26,7)24-14-27(40-10-2)43-23-13-22(21-11-12-39-16-21)19(4)28(23)35(24,8)31(29)37/h9,11-12,16,22-27,29-31,37H,10,13-15,17H2,1-8H3/b18-9+/t22-,23+,24?,25-,26+,27-,29+,30?,31-,33-,34+,35-/m1/s1. The van der Waals surface area contributed by atoms with Crippen LogP contribution < -0.4 is 0 Å². The van der Waals surface area contributed by atoms with E-state index >= 15 is 0 Å². The molecule has 44 heavy (non-hydrogen) atoms. The lowest BCUT2D eigenvalue weighted by Gasteiger charge is -2.66. The number of ether oxygens (including phenoxy) is 5. The van der Waals surface area contributed by atoms with Crippen LogP contribution in [0.2, 0.25) is 0 Å². The summed E-state index contributed by atoms with van der Waals surface area (Å²) in [6, 6.07) is 2.00. The Bertz CT molecular complexity index is 1350. The second-order valence-electron chi connectivity index (χ2n) is 14.3. The molecule has 4 fully saturated rings. The highest BCUT2D eigenvalue weighted by molar-refractivity contribution is 5.87. The number of furan rings is 1.